The summed E-state index contributed by atoms with van der Waals surface area (Å²) in [7, 11) is 0. The minimum absolute atomic E-state index is 0.0546. The minimum Gasteiger partial charge on any atom is -0.480 e. The summed E-state index contributed by atoms with van der Waals surface area (Å²) in [5.41, 5.74) is 0.967. The molecule has 0 aliphatic rings. The van der Waals surface area contributed by atoms with Gasteiger partial charge in [-0.3, -0.25) is 4.79 Å². The zero-order valence-corrected chi connectivity index (χ0v) is 9.18. The number of rotatable bonds is 5. The number of benzene rings is 1. The third kappa shape index (κ3) is 3.27. The van der Waals surface area contributed by atoms with Gasteiger partial charge in [-0.1, -0.05) is 25.1 Å². The van der Waals surface area contributed by atoms with Crippen molar-refractivity contribution in [1.29, 1.82) is 0 Å². The topological polar surface area (TPSA) is 40.5 Å². The molecule has 0 aliphatic carbocycles. The van der Waals surface area contributed by atoms with Crippen LogP contribution in [0, 0.1) is 0 Å². The summed E-state index contributed by atoms with van der Waals surface area (Å²) < 4.78 is 0. The normalized spacial score (nSPS) is 12.1. The van der Waals surface area contributed by atoms with E-state index in [9.17, 15) is 4.79 Å². The average Bonchev–Trinajstić information content (AvgIpc) is 2.26. The molecule has 0 radical (unpaired) electrons. The van der Waals surface area contributed by atoms with Gasteiger partial charge in [0.15, 0.2) is 0 Å². The van der Waals surface area contributed by atoms with Crippen molar-refractivity contribution >= 4 is 11.7 Å². The molecule has 1 aromatic rings. The van der Waals surface area contributed by atoms with Crippen LogP contribution >= 0.6 is 0 Å². The fraction of sp³-hybridized carbons (Fsp3) is 0.417. The SMILES string of the molecule is CCC(C)N(CC(=O)O)c1ccccc1. The largest absolute Gasteiger partial charge is 0.480 e. The van der Waals surface area contributed by atoms with Gasteiger partial charge in [0.25, 0.3) is 0 Å². The predicted molar refractivity (Wildman–Crippen MR) is 61.2 cm³/mol. The second-order valence-corrected chi connectivity index (χ2v) is 3.61. The van der Waals surface area contributed by atoms with Gasteiger partial charge in [-0.15, -0.1) is 0 Å². The first-order chi connectivity index (χ1) is 7.15. The molecule has 0 bridgehead atoms. The zero-order chi connectivity index (χ0) is 11.3. The van der Waals surface area contributed by atoms with Crippen molar-refractivity contribution in [3.05, 3.63) is 30.3 Å². The summed E-state index contributed by atoms with van der Waals surface area (Å²) >= 11 is 0. The Balaban J connectivity index is 2.86. The van der Waals surface area contributed by atoms with E-state index in [0.29, 0.717) is 0 Å². The number of carboxylic acids is 1. The zero-order valence-electron chi connectivity index (χ0n) is 9.18. The third-order valence-electron chi connectivity index (χ3n) is 2.52. The van der Waals surface area contributed by atoms with E-state index >= 15 is 0 Å². The van der Waals surface area contributed by atoms with Gasteiger partial charge in [-0.25, -0.2) is 0 Å². The van der Waals surface area contributed by atoms with Crippen LogP contribution in [0.25, 0.3) is 0 Å². The highest BCUT2D eigenvalue weighted by atomic mass is 16.4. The smallest absolute Gasteiger partial charge is 0.323 e. The summed E-state index contributed by atoms with van der Waals surface area (Å²) in [6.07, 6.45) is 0.933. The molecule has 0 fully saturated rings. The lowest BCUT2D eigenvalue weighted by atomic mass is 10.2. The Labute approximate surface area is 90.3 Å². The number of anilines is 1. The van der Waals surface area contributed by atoms with E-state index in [1.807, 2.05) is 42.2 Å². The molecule has 0 saturated carbocycles. The molecule has 0 amide bonds. The molecule has 1 atom stereocenters. The van der Waals surface area contributed by atoms with Crippen LogP contribution in [0.5, 0.6) is 0 Å². The Kier molecular flexibility index (Phi) is 4.16. The van der Waals surface area contributed by atoms with Crippen LogP contribution in [0.2, 0.25) is 0 Å². The maximum absolute atomic E-state index is 10.8. The second kappa shape index (κ2) is 5.39. The molecule has 0 saturated heterocycles. The molecule has 1 aromatic carbocycles. The molecule has 15 heavy (non-hydrogen) atoms. The van der Waals surface area contributed by atoms with E-state index in [2.05, 4.69) is 6.92 Å². The summed E-state index contributed by atoms with van der Waals surface area (Å²) in [6, 6.07) is 9.89. The molecule has 3 nitrogen and oxygen atoms in total. The van der Waals surface area contributed by atoms with Gasteiger partial charge in [0, 0.05) is 11.7 Å². The van der Waals surface area contributed by atoms with Crippen molar-refractivity contribution in [2.24, 2.45) is 0 Å². The number of carboxylic acid groups (broad SMARTS) is 1. The third-order valence-corrected chi connectivity index (χ3v) is 2.52. The van der Waals surface area contributed by atoms with Gasteiger partial charge in [0.2, 0.25) is 0 Å². The van der Waals surface area contributed by atoms with Gasteiger partial charge < -0.3 is 10.0 Å². The number of carbonyl (C=O) groups is 1. The van der Waals surface area contributed by atoms with Gasteiger partial charge in [0.05, 0.1) is 0 Å². The monoisotopic (exact) mass is 207 g/mol. The highest BCUT2D eigenvalue weighted by Crippen LogP contribution is 2.17. The number of hydrogen-bond acceptors (Lipinski definition) is 2. The molecule has 0 aromatic heterocycles. The summed E-state index contributed by atoms with van der Waals surface area (Å²) in [5, 5.41) is 8.85. The highest BCUT2D eigenvalue weighted by molar-refractivity contribution is 5.73. The van der Waals surface area contributed by atoms with E-state index in [-0.39, 0.29) is 12.6 Å². The van der Waals surface area contributed by atoms with Crippen LogP contribution in [0.15, 0.2) is 30.3 Å². The number of nitrogens with zero attached hydrogens (tertiary/aromatic N) is 1. The van der Waals surface area contributed by atoms with Gasteiger partial charge in [-0.2, -0.15) is 0 Å². The molecule has 3 heteroatoms. The Morgan fingerprint density at radius 3 is 2.47 bits per heavy atom. The van der Waals surface area contributed by atoms with Gasteiger partial charge >= 0.3 is 5.97 Å². The van der Waals surface area contributed by atoms with E-state index in [4.69, 9.17) is 5.11 Å². The van der Waals surface area contributed by atoms with Crippen molar-refractivity contribution in [1.82, 2.24) is 0 Å². The van der Waals surface area contributed by atoms with Crippen LogP contribution in [-0.4, -0.2) is 23.7 Å². The van der Waals surface area contributed by atoms with E-state index in [1.54, 1.807) is 0 Å². The lowest BCUT2D eigenvalue weighted by molar-refractivity contribution is -0.135. The lowest BCUT2D eigenvalue weighted by Crippen LogP contribution is -2.37. The summed E-state index contributed by atoms with van der Waals surface area (Å²) in [6.45, 7) is 4.15. The van der Waals surface area contributed by atoms with Crippen molar-refractivity contribution in [2.45, 2.75) is 26.3 Å². The summed E-state index contributed by atoms with van der Waals surface area (Å²) in [5.74, 6) is -0.792. The number of hydrogen-bond donors (Lipinski definition) is 1. The quantitative estimate of drug-likeness (QED) is 0.805. The van der Waals surface area contributed by atoms with Gasteiger partial charge in [-0.05, 0) is 25.5 Å². The molecule has 1 unspecified atom stereocenters. The number of aliphatic carboxylic acids is 1. The highest BCUT2D eigenvalue weighted by Gasteiger charge is 2.15. The van der Waals surface area contributed by atoms with Crippen molar-refractivity contribution in [2.75, 3.05) is 11.4 Å². The van der Waals surface area contributed by atoms with E-state index in [0.717, 1.165) is 12.1 Å². The van der Waals surface area contributed by atoms with Crippen LogP contribution in [0.1, 0.15) is 20.3 Å². The standard InChI is InChI=1S/C12H17NO2/c1-3-10(2)13(9-12(14)15)11-7-5-4-6-8-11/h4-8,10H,3,9H2,1-2H3,(H,14,15). The van der Waals surface area contributed by atoms with Gasteiger partial charge in [0.1, 0.15) is 6.54 Å². The number of para-hydroxylation sites is 1. The molecule has 1 N–H and O–H groups in total. The molecule has 0 spiro atoms. The van der Waals surface area contributed by atoms with E-state index < -0.39 is 5.97 Å². The summed E-state index contributed by atoms with van der Waals surface area (Å²) in [4.78, 5) is 12.7. The lowest BCUT2D eigenvalue weighted by Gasteiger charge is -2.29. The Morgan fingerprint density at radius 1 is 1.40 bits per heavy atom. The molecule has 82 valence electrons. The van der Waals surface area contributed by atoms with Crippen molar-refractivity contribution in [3.8, 4) is 0 Å². The van der Waals surface area contributed by atoms with Crippen molar-refractivity contribution in [3.63, 3.8) is 0 Å². The maximum atomic E-state index is 10.8. The molecular weight excluding hydrogens is 190 g/mol. The van der Waals surface area contributed by atoms with Crippen LogP contribution in [-0.2, 0) is 4.79 Å². The van der Waals surface area contributed by atoms with Crippen molar-refractivity contribution < 1.29 is 9.90 Å². The molecular formula is C12H17NO2. The average molecular weight is 207 g/mol. The first-order valence-electron chi connectivity index (χ1n) is 5.18. The Hall–Kier alpha value is -1.51. The molecule has 1 rings (SSSR count). The maximum Gasteiger partial charge on any atom is 0.323 e. The van der Waals surface area contributed by atoms with Crippen LogP contribution < -0.4 is 4.90 Å². The minimum atomic E-state index is -0.792. The predicted octanol–water partition coefficient (Wildman–Crippen LogP) is 2.38. The fourth-order valence-corrected chi connectivity index (χ4v) is 1.49. The first kappa shape index (κ1) is 11.6. The fourth-order valence-electron chi connectivity index (χ4n) is 1.49. The molecule has 0 heterocycles. The Morgan fingerprint density at radius 2 is 2.00 bits per heavy atom. The Bertz CT molecular complexity index is 311. The van der Waals surface area contributed by atoms with E-state index in [1.165, 1.54) is 0 Å². The second-order valence-electron chi connectivity index (χ2n) is 3.61. The van der Waals surface area contributed by atoms with Crippen LogP contribution in [0.3, 0.4) is 0 Å². The van der Waals surface area contributed by atoms with Crippen LogP contribution in [0.4, 0.5) is 5.69 Å². The molecule has 0 aliphatic heterocycles. The first-order valence-corrected chi connectivity index (χ1v) is 5.18.